The van der Waals surface area contributed by atoms with Crippen LogP contribution in [0.4, 0.5) is 11.4 Å². The molecule has 0 fully saturated rings. The van der Waals surface area contributed by atoms with E-state index in [1.165, 1.54) is 0 Å². The highest BCUT2D eigenvalue weighted by Gasteiger charge is 2.08. The Morgan fingerprint density at radius 1 is 0.824 bits per heavy atom. The lowest BCUT2D eigenvalue weighted by molar-refractivity contribution is 1.55. The SMILES string of the molecule is Clc1cccc(Nc2ccc(Cl)c(Cl)c2Cl)c1. The molecule has 0 saturated heterocycles. The van der Waals surface area contributed by atoms with Gasteiger partial charge in [-0.1, -0.05) is 52.5 Å². The predicted octanol–water partition coefficient (Wildman–Crippen LogP) is 6.04. The van der Waals surface area contributed by atoms with E-state index in [-0.39, 0.29) is 0 Å². The van der Waals surface area contributed by atoms with Crippen LogP contribution < -0.4 is 5.32 Å². The molecular weight excluding hydrogens is 300 g/mol. The van der Waals surface area contributed by atoms with Gasteiger partial charge in [0, 0.05) is 10.7 Å². The molecule has 2 rings (SSSR count). The highest BCUT2D eigenvalue weighted by Crippen LogP contribution is 2.37. The number of nitrogens with one attached hydrogen (secondary N) is 1. The first-order valence-electron chi connectivity index (χ1n) is 4.74. The first kappa shape index (κ1) is 12.8. The Morgan fingerprint density at radius 3 is 2.29 bits per heavy atom. The van der Waals surface area contributed by atoms with Gasteiger partial charge < -0.3 is 5.32 Å². The quantitative estimate of drug-likeness (QED) is 0.666. The van der Waals surface area contributed by atoms with Gasteiger partial charge in [0.25, 0.3) is 0 Å². The van der Waals surface area contributed by atoms with Gasteiger partial charge in [-0.05, 0) is 30.3 Å². The first-order chi connectivity index (χ1) is 8.08. The molecule has 0 heterocycles. The van der Waals surface area contributed by atoms with Gasteiger partial charge in [0.05, 0.1) is 20.8 Å². The lowest BCUT2D eigenvalue weighted by atomic mass is 10.2. The molecule has 0 aliphatic rings. The third-order valence-electron chi connectivity index (χ3n) is 2.14. The topological polar surface area (TPSA) is 12.0 Å². The molecule has 0 aliphatic carbocycles. The number of anilines is 2. The van der Waals surface area contributed by atoms with Crippen molar-refractivity contribution in [3.63, 3.8) is 0 Å². The van der Waals surface area contributed by atoms with E-state index in [9.17, 15) is 0 Å². The van der Waals surface area contributed by atoms with Crippen LogP contribution in [0.15, 0.2) is 36.4 Å². The fourth-order valence-corrected chi connectivity index (χ4v) is 2.12. The van der Waals surface area contributed by atoms with Crippen LogP contribution in [0.25, 0.3) is 0 Å². The number of benzene rings is 2. The number of hydrogen-bond acceptors (Lipinski definition) is 1. The second-order valence-electron chi connectivity index (χ2n) is 3.36. The van der Waals surface area contributed by atoms with E-state index in [1.54, 1.807) is 24.3 Å². The van der Waals surface area contributed by atoms with Crippen LogP contribution in [-0.2, 0) is 0 Å². The zero-order valence-electron chi connectivity index (χ0n) is 8.48. The van der Waals surface area contributed by atoms with Crippen molar-refractivity contribution in [3.8, 4) is 0 Å². The molecule has 17 heavy (non-hydrogen) atoms. The van der Waals surface area contributed by atoms with Gasteiger partial charge in [0.2, 0.25) is 0 Å². The summed E-state index contributed by atoms with van der Waals surface area (Å²) in [5, 5.41) is 4.91. The summed E-state index contributed by atoms with van der Waals surface area (Å²) in [5.41, 5.74) is 1.51. The molecule has 0 bridgehead atoms. The standard InChI is InChI=1S/C12H7Cl4N/c13-7-2-1-3-8(6-7)17-10-5-4-9(14)11(15)12(10)16/h1-6,17H. The Labute approximate surface area is 119 Å². The van der Waals surface area contributed by atoms with Crippen LogP contribution in [0.3, 0.4) is 0 Å². The van der Waals surface area contributed by atoms with Crippen molar-refractivity contribution in [2.75, 3.05) is 5.32 Å². The zero-order valence-corrected chi connectivity index (χ0v) is 11.5. The second kappa shape index (κ2) is 5.36. The van der Waals surface area contributed by atoms with Gasteiger partial charge in [-0.15, -0.1) is 0 Å². The summed E-state index contributed by atoms with van der Waals surface area (Å²) in [6.07, 6.45) is 0. The van der Waals surface area contributed by atoms with Gasteiger partial charge in [-0.2, -0.15) is 0 Å². The van der Waals surface area contributed by atoms with Gasteiger partial charge in [-0.3, -0.25) is 0 Å². The minimum Gasteiger partial charge on any atom is -0.354 e. The van der Waals surface area contributed by atoms with Crippen LogP contribution in [0.2, 0.25) is 20.1 Å². The van der Waals surface area contributed by atoms with E-state index in [1.807, 2.05) is 12.1 Å². The van der Waals surface area contributed by atoms with Gasteiger partial charge >= 0.3 is 0 Å². The van der Waals surface area contributed by atoms with Crippen molar-refractivity contribution < 1.29 is 0 Å². The Bertz CT molecular complexity index is 554. The van der Waals surface area contributed by atoms with Crippen molar-refractivity contribution in [2.45, 2.75) is 0 Å². The Hall–Kier alpha value is -0.600. The molecule has 0 aliphatic heterocycles. The first-order valence-corrected chi connectivity index (χ1v) is 6.25. The number of rotatable bonds is 2. The van der Waals surface area contributed by atoms with Crippen molar-refractivity contribution in [1.82, 2.24) is 0 Å². The molecule has 88 valence electrons. The summed E-state index contributed by atoms with van der Waals surface area (Å²) in [4.78, 5) is 0. The monoisotopic (exact) mass is 305 g/mol. The normalized spacial score (nSPS) is 10.4. The fourth-order valence-electron chi connectivity index (χ4n) is 1.34. The Kier molecular flexibility index (Phi) is 4.05. The summed E-state index contributed by atoms with van der Waals surface area (Å²) in [5.74, 6) is 0. The molecule has 1 nitrogen and oxygen atoms in total. The summed E-state index contributed by atoms with van der Waals surface area (Å²) >= 11 is 23.8. The van der Waals surface area contributed by atoms with E-state index in [0.717, 1.165) is 5.69 Å². The zero-order chi connectivity index (χ0) is 12.4. The van der Waals surface area contributed by atoms with Crippen LogP contribution in [0.1, 0.15) is 0 Å². The third kappa shape index (κ3) is 2.99. The van der Waals surface area contributed by atoms with Crippen molar-refractivity contribution in [1.29, 1.82) is 0 Å². The largest absolute Gasteiger partial charge is 0.354 e. The second-order valence-corrected chi connectivity index (χ2v) is 4.96. The van der Waals surface area contributed by atoms with Crippen LogP contribution in [0, 0.1) is 0 Å². The Morgan fingerprint density at radius 2 is 1.59 bits per heavy atom. The highest BCUT2D eigenvalue weighted by molar-refractivity contribution is 6.49. The van der Waals surface area contributed by atoms with E-state index in [0.29, 0.717) is 25.8 Å². The molecule has 0 amide bonds. The summed E-state index contributed by atoms with van der Waals surface area (Å²) in [6.45, 7) is 0. The molecule has 0 spiro atoms. The molecule has 1 N–H and O–H groups in total. The molecule has 5 heteroatoms. The van der Waals surface area contributed by atoms with Gasteiger partial charge in [0.15, 0.2) is 0 Å². The average molecular weight is 307 g/mol. The van der Waals surface area contributed by atoms with E-state index >= 15 is 0 Å². The molecule has 0 atom stereocenters. The van der Waals surface area contributed by atoms with Gasteiger partial charge in [-0.25, -0.2) is 0 Å². The summed E-state index contributed by atoms with van der Waals surface area (Å²) in [6, 6.07) is 10.8. The van der Waals surface area contributed by atoms with Crippen molar-refractivity contribution >= 4 is 57.8 Å². The third-order valence-corrected chi connectivity index (χ3v) is 3.67. The fraction of sp³-hybridized carbons (Fsp3) is 0. The minimum atomic E-state index is 0.334. The summed E-state index contributed by atoms with van der Waals surface area (Å²) < 4.78 is 0. The maximum atomic E-state index is 6.08. The van der Waals surface area contributed by atoms with Crippen molar-refractivity contribution in [3.05, 3.63) is 56.5 Å². The van der Waals surface area contributed by atoms with Crippen molar-refractivity contribution in [2.24, 2.45) is 0 Å². The molecule has 0 aromatic heterocycles. The molecule has 2 aromatic carbocycles. The molecule has 0 unspecified atom stereocenters. The smallest absolute Gasteiger partial charge is 0.0842 e. The number of halogens is 4. The van der Waals surface area contributed by atoms with E-state index in [2.05, 4.69) is 5.32 Å². The maximum Gasteiger partial charge on any atom is 0.0842 e. The molecule has 2 aromatic rings. The summed E-state index contributed by atoms with van der Waals surface area (Å²) in [7, 11) is 0. The highest BCUT2D eigenvalue weighted by atomic mass is 35.5. The Balaban J connectivity index is 2.34. The average Bonchev–Trinajstić information content (AvgIpc) is 2.30. The molecule has 0 radical (unpaired) electrons. The maximum absolute atomic E-state index is 6.08. The van der Waals surface area contributed by atoms with E-state index < -0.39 is 0 Å². The van der Waals surface area contributed by atoms with Crippen LogP contribution in [0.5, 0.6) is 0 Å². The van der Waals surface area contributed by atoms with Crippen LogP contribution >= 0.6 is 46.4 Å². The minimum absolute atomic E-state index is 0.334. The van der Waals surface area contributed by atoms with E-state index in [4.69, 9.17) is 46.4 Å². The lowest BCUT2D eigenvalue weighted by Crippen LogP contribution is -1.91. The molecular formula is C12H7Cl4N. The van der Waals surface area contributed by atoms with Crippen LogP contribution in [-0.4, -0.2) is 0 Å². The predicted molar refractivity (Wildman–Crippen MR) is 76.2 cm³/mol. The lowest BCUT2D eigenvalue weighted by Gasteiger charge is -2.10. The number of hydrogen-bond donors (Lipinski definition) is 1. The van der Waals surface area contributed by atoms with Gasteiger partial charge in [0.1, 0.15) is 0 Å². The molecule has 0 saturated carbocycles.